The van der Waals surface area contributed by atoms with Crippen LogP contribution < -0.4 is 10.6 Å². The van der Waals surface area contributed by atoms with Crippen LogP contribution in [0.25, 0.3) is 10.2 Å². The molecular weight excluding hydrogens is 274 g/mol. The van der Waals surface area contributed by atoms with Gasteiger partial charge in [-0.05, 0) is 19.9 Å². The third-order valence-electron chi connectivity index (χ3n) is 2.85. The van der Waals surface area contributed by atoms with E-state index in [4.69, 9.17) is 4.52 Å². The van der Waals surface area contributed by atoms with Gasteiger partial charge in [-0.15, -0.1) is 11.3 Å². The predicted molar refractivity (Wildman–Crippen MR) is 80.3 cm³/mol. The number of hydrogen-bond acceptors (Lipinski definition) is 7. The summed E-state index contributed by atoms with van der Waals surface area (Å²) in [5.41, 5.74) is 0.854. The average Bonchev–Trinajstić information content (AvgIpc) is 3.00. The Morgan fingerprint density at radius 1 is 1.25 bits per heavy atom. The Morgan fingerprint density at radius 3 is 2.80 bits per heavy atom. The van der Waals surface area contributed by atoms with E-state index in [1.807, 2.05) is 20.0 Å². The van der Waals surface area contributed by atoms with Crippen LogP contribution in [0.1, 0.15) is 16.3 Å². The highest BCUT2D eigenvalue weighted by Crippen LogP contribution is 2.29. The molecule has 2 N–H and O–H groups in total. The smallest absolute Gasteiger partial charge is 0.225 e. The van der Waals surface area contributed by atoms with Crippen molar-refractivity contribution in [1.29, 1.82) is 0 Å². The van der Waals surface area contributed by atoms with Crippen molar-refractivity contribution in [3.05, 3.63) is 28.5 Å². The van der Waals surface area contributed by atoms with Crippen LogP contribution in [-0.2, 0) is 6.54 Å². The van der Waals surface area contributed by atoms with Crippen LogP contribution in [0.4, 0.5) is 11.8 Å². The lowest BCUT2D eigenvalue weighted by Gasteiger charge is -2.06. The molecule has 0 aromatic carbocycles. The minimum absolute atomic E-state index is 0.571. The lowest BCUT2D eigenvalue weighted by atomic mass is 10.3. The van der Waals surface area contributed by atoms with Gasteiger partial charge in [-0.2, -0.15) is 4.98 Å². The molecule has 3 rings (SSSR count). The zero-order chi connectivity index (χ0) is 14.1. The fourth-order valence-corrected chi connectivity index (χ4v) is 2.84. The molecule has 7 heteroatoms. The molecule has 0 atom stereocenters. The van der Waals surface area contributed by atoms with Gasteiger partial charge in [-0.1, -0.05) is 5.16 Å². The van der Waals surface area contributed by atoms with Gasteiger partial charge in [0.15, 0.2) is 0 Å². The van der Waals surface area contributed by atoms with E-state index < -0.39 is 0 Å². The number of fused-ring (bicyclic) bond motifs is 1. The average molecular weight is 289 g/mol. The summed E-state index contributed by atoms with van der Waals surface area (Å²) in [6.07, 6.45) is 0. The number of aromatic nitrogens is 3. The molecule has 0 aliphatic carbocycles. The number of hydrogen-bond donors (Lipinski definition) is 2. The summed E-state index contributed by atoms with van der Waals surface area (Å²) in [5.74, 6) is 2.22. The molecule has 3 heterocycles. The van der Waals surface area contributed by atoms with Crippen molar-refractivity contribution >= 4 is 33.3 Å². The molecule has 0 aliphatic heterocycles. The van der Waals surface area contributed by atoms with Gasteiger partial charge in [-0.3, -0.25) is 0 Å². The van der Waals surface area contributed by atoms with Gasteiger partial charge in [0.05, 0.1) is 11.9 Å². The highest BCUT2D eigenvalue weighted by Gasteiger charge is 2.10. The highest BCUT2D eigenvalue weighted by atomic mass is 32.1. The first-order valence-electron chi connectivity index (χ1n) is 6.27. The normalized spacial score (nSPS) is 10.9. The fraction of sp³-hybridized carbons (Fsp3) is 0.308. The van der Waals surface area contributed by atoms with Crippen LogP contribution in [0.2, 0.25) is 0 Å². The molecule has 3 aromatic rings. The van der Waals surface area contributed by atoms with E-state index in [1.54, 1.807) is 11.3 Å². The second kappa shape index (κ2) is 5.09. The molecule has 0 fully saturated rings. The summed E-state index contributed by atoms with van der Waals surface area (Å²) in [6, 6.07) is 4.00. The molecule has 0 unspecified atom stereocenters. The quantitative estimate of drug-likeness (QED) is 0.769. The van der Waals surface area contributed by atoms with Gasteiger partial charge in [-0.25, -0.2) is 4.98 Å². The monoisotopic (exact) mass is 289 g/mol. The van der Waals surface area contributed by atoms with E-state index in [0.29, 0.717) is 12.5 Å². The lowest BCUT2D eigenvalue weighted by molar-refractivity contribution is 0.391. The zero-order valence-electron chi connectivity index (χ0n) is 11.5. The molecule has 0 saturated carbocycles. The van der Waals surface area contributed by atoms with Crippen molar-refractivity contribution in [3.8, 4) is 0 Å². The second-order valence-corrected chi connectivity index (χ2v) is 5.74. The minimum Gasteiger partial charge on any atom is -0.364 e. The van der Waals surface area contributed by atoms with E-state index in [0.717, 1.165) is 27.5 Å². The first-order chi connectivity index (χ1) is 9.65. The Morgan fingerprint density at radius 2 is 2.10 bits per heavy atom. The maximum atomic E-state index is 5.06. The summed E-state index contributed by atoms with van der Waals surface area (Å²) >= 11 is 1.66. The largest absolute Gasteiger partial charge is 0.364 e. The molecule has 104 valence electrons. The SMILES string of the molecule is CNc1nc(NCc2cc(C)on2)c2cc(C)sc2n1. The number of anilines is 2. The van der Waals surface area contributed by atoms with Crippen LogP contribution in [0.3, 0.4) is 0 Å². The Kier molecular flexibility index (Phi) is 3.27. The summed E-state index contributed by atoms with van der Waals surface area (Å²) in [5, 5.41) is 11.3. The summed E-state index contributed by atoms with van der Waals surface area (Å²) in [6.45, 7) is 4.51. The van der Waals surface area contributed by atoms with Crippen LogP contribution in [-0.4, -0.2) is 22.2 Å². The second-order valence-electron chi connectivity index (χ2n) is 4.50. The lowest BCUT2D eigenvalue weighted by Crippen LogP contribution is -2.05. The number of rotatable bonds is 4. The summed E-state index contributed by atoms with van der Waals surface area (Å²) in [7, 11) is 1.81. The van der Waals surface area contributed by atoms with Crippen LogP contribution >= 0.6 is 11.3 Å². The number of thiophene rings is 1. The predicted octanol–water partition coefficient (Wildman–Crippen LogP) is 2.95. The van der Waals surface area contributed by atoms with Gasteiger partial charge in [0.25, 0.3) is 0 Å². The molecule has 0 amide bonds. The van der Waals surface area contributed by atoms with E-state index in [2.05, 4.69) is 38.7 Å². The van der Waals surface area contributed by atoms with Crippen LogP contribution in [0.15, 0.2) is 16.7 Å². The Hall–Kier alpha value is -2.15. The first-order valence-corrected chi connectivity index (χ1v) is 7.09. The van der Waals surface area contributed by atoms with Crippen molar-refractivity contribution in [3.63, 3.8) is 0 Å². The van der Waals surface area contributed by atoms with Crippen molar-refractivity contribution in [2.45, 2.75) is 20.4 Å². The molecule has 20 heavy (non-hydrogen) atoms. The topological polar surface area (TPSA) is 75.9 Å². The van der Waals surface area contributed by atoms with Crippen molar-refractivity contribution in [2.75, 3.05) is 17.7 Å². The summed E-state index contributed by atoms with van der Waals surface area (Å²) in [4.78, 5) is 11.1. The van der Waals surface area contributed by atoms with E-state index >= 15 is 0 Å². The van der Waals surface area contributed by atoms with Crippen molar-refractivity contribution < 1.29 is 4.52 Å². The van der Waals surface area contributed by atoms with Gasteiger partial charge in [0.2, 0.25) is 5.95 Å². The van der Waals surface area contributed by atoms with Gasteiger partial charge >= 0.3 is 0 Å². The van der Waals surface area contributed by atoms with Gasteiger partial charge in [0, 0.05) is 18.0 Å². The van der Waals surface area contributed by atoms with Gasteiger partial charge in [0.1, 0.15) is 22.1 Å². The number of nitrogens with zero attached hydrogens (tertiary/aromatic N) is 3. The maximum Gasteiger partial charge on any atom is 0.225 e. The molecular formula is C13H15N5OS. The molecule has 3 aromatic heterocycles. The molecule has 0 radical (unpaired) electrons. The Balaban J connectivity index is 1.92. The third-order valence-corrected chi connectivity index (χ3v) is 3.80. The van der Waals surface area contributed by atoms with Crippen LogP contribution in [0.5, 0.6) is 0 Å². The summed E-state index contributed by atoms with van der Waals surface area (Å²) < 4.78 is 5.06. The molecule has 0 bridgehead atoms. The molecule has 0 aliphatic rings. The zero-order valence-corrected chi connectivity index (χ0v) is 12.3. The molecule has 6 nitrogen and oxygen atoms in total. The molecule has 0 saturated heterocycles. The fourth-order valence-electron chi connectivity index (χ4n) is 1.96. The highest BCUT2D eigenvalue weighted by molar-refractivity contribution is 7.18. The third kappa shape index (κ3) is 2.44. The van der Waals surface area contributed by atoms with Crippen molar-refractivity contribution in [1.82, 2.24) is 15.1 Å². The van der Waals surface area contributed by atoms with Gasteiger partial charge < -0.3 is 15.2 Å². The number of aryl methyl sites for hydroxylation is 2. The maximum absolute atomic E-state index is 5.06. The van der Waals surface area contributed by atoms with E-state index in [-0.39, 0.29) is 0 Å². The Bertz CT molecular complexity index is 748. The van der Waals surface area contributed by atoms with Crippen LogP contribution in [0, 0.1) is 13.8 Å². The Labute approximate surface area is 120 Å². The van der Waals surface area contributed by atoms with E-state index in [1.165, 1.54) is 4.88 Å². The van der Waals surface area contributed by atoms with E-state index in [9.17, 15) is 0 Å². The minimum atomic E-state index is 0.571. The van der Waals surface area contributed by atoms with Crippen molar-refractivity contribution in [2.24, 2.45) is 0 Å². The number of nitrogens with one attached hydrogen (secondary N) is 2. The standard InChI is InChI=1S/C13H15N5OS/c1-7-4-9(18-19-7)6-15-11-10-5-8(2)20-12(10)17-13(14-3)16-11/h4-5H,6H2,1-3H3,(H2,14,15,16,17). The molecule has 0 spiro atoms. The first kappa shape index (κ1) is 12.9.